The predicted molar refractivity (Wildman–Crippen MR) is 82.3 cm³/mol. The number of methoxy groups -OCH3 is 1. The van der Waals surface area contributed by atoms with Crippen molar-refractivity contribution in [3.8, 4) is 5.75 Å². The largest absolute Gasteiger partial charge is 0.493 e. The Kier molecular flexibility index (Phi) is 4.85. The van der Waals surface area contributed by atoms with Crippen molar-refractivity contribution < 1.29 is 13.9 Å². The average molecular weight is 290 g/mol. The van der Waals surface area contributed by atoms with E-state index in [0.29, 0.717) is 12.3 Å². The van der Waals surface area contributed by atoms with Crippen LogP contribution in [-0.2, 0) is 11.3 Å². The number of nitrogens with one attached hydrogen (secondary N) is 2. The molecule has 0 radical (unpaired) electrons. The van der Waals surface area contributed by atoms with Gasteiger partial charge in [-0.05, 0) is 32.9 Å². The molecule has 114 valence electrons. The van der Waals surface area contributed by atoms with Crippen molar-refractivity contribution in [2.75, 3.05) is 7.11 Å². The summed E-state index contributed by atoms with van der Waals surface area (Å²) in [5, 5.41) is 7.02. The molecule has 0 aliphatic rings. The lowest BCUT2D eigenvalue weighted by atomic mass is 10.2. The summed E-state index contributed by atoms with van der Waals surface area (Å²) < 4.78 is 11.1. The summed E-state index contributed by atoms with van der Waals surface area (Å²) >= 11 is 0. The Balaban J connectivity index is 2.02. The second kappa shape index (κ2) is 6.63. The monoisotopic (exact) mass is 290 g/mol. The average Bonchev–Trinajstić information content (AvgIpc) is 2.86. The Morgan fingerprint density at radius 1 is 1.33 bits per heavy atom. The Labute approximate surface area is 124 Å². The lowest BCUT2D eigenvalue weighted by molar-refractivity contribution is -0.123. The minimum absolute atomic E-state index is 0.0151. The molecule has 0 saturated heterocycles. The van der Waals surface area contributed by atoms with Gasteiger partial charge in [0.05, 0.1) is 19.7 Å². The number of carbonyl (C=O) groups is 1. The zero-order valence-corrected chi connectivity index (χ0v) is 12.9. The van der Waals surface area contributed by atoms with E-state index in [-0.39, 0.29) is 18.0 Å². The van der Waals surface area contributed by atoms with Crippen molar-refractivity contribution in [2.24, 2.45) is 0 Å². The summed E-state index contributed by atoms with van der Waals surface area (Å²) in [7, 11) is 1.62. The fourth-order valence-corrected chi connectivity index (χ4v) is 2.09. The molecule has 5 nitrogen and oxygen atoms in total. The van der Waals surface area contributed by atoms with Crippen LogP contribution in [-0.4, -0.2) is 25.1 Å². The molecule has 2 rings (SSSR count). The molecule has 2 N–H and O–H groups in total. The van der Waals surface area contributed by atoms with Crippen molar-refractivity contribution in [1.29, 1.82) is 0 Å². The van der Waals surface area contributed by atoms with E-state index in [1.807, 2.05) is 45.0 Å². The first-order valence-electron chi connectivity index (χ1n) is 7.10. The second-order valence-corrected chi connectivity index (χ2v) is 5.36. The van der Waals surface area contributed by atoms with E-state index >= 15 is 0 Å². The van der Waals surface area contributed by atoms with Crippen molar-refractivity contribution in [2.45, 2.75) is 39.4 Å². The highest BCUT2D eigenvalue weighted by molar-refractivity contribution is 5.84. The fourth-order valence-electron chi connectivity index (χ4n) is 2.09. The number of rotatable bonds is 6. The smallest absolute Gasteiger partial charge is 0.237 e. The van der Waals surface area contributed by atoms with Crippen LogP contribution < -0.4 is 15.4 Å². The first kappa shape index (κ1) is 15.4. The number of hydrogen-bond acceptors (Lipinski definition) is 4. The van der Waals surface area contributed by atoms with E-state index in [1.54, 1.807) is 7.11 Å². The van der Waals surface area contributed by atoms with Crippen LogP contribution in [0.1, 0.15) is 26.5 Å². The van der Waals surface area contributed by atoms with E-state index in [1.165, 1.54) is 0 Å². The van der Waals surface area contributed by atoms with Gasteiger partial charge in [-0.25, -0.2) is 0 Å². The Hall–Kier alpha value is -2.01. The second-order valence-electron chi connectivity index (χ2n) is 5.36. The minimum Gasteiger partial charge on any atom is -0.493 e. The van der Waals surface area contributed by atoms with Gasteiger partial charge in [-0.1, -0.05) is 12.1 Å². The summed E-state index contributed by atoms with van der Waals surface area (Å²) in [6.45, 7) is 6.21. The first-order valence-corrected chi connectivity index (χ1v) is 7.10. The molecule has 0 bridgehead atoms. The fraction of sp³-hybridized carbons (Fsp3) is 0.438. The lowest BCUT2D eigenvalue weighted by Crippen LogP contribution is -2.44. The molecule has 5 heteroatoms. The summed E-state index contributed by atoms with van der Waals surface area (Å²) in [6.07, 6.45) is 0. The molecule has 0 fully saturated rings. The van der Waals surface area contributed by atoms with E-state index < -0.39 is 0 Å². The van der Waals surface area contributed by atoms with Crippen LogP contribution >= 0.6 is 0 Å². The molecule has 0 saturated carbocycles. The number of benzene rings is 1. The topological polar surface area (TPSA) is 63.5 Å². The van der Waals surface area contributed by atoms with Gasteiger partial charge >= 0.3 is 0 Å². The van der Waals surface area contributed by atoms with Gasteiger partial charge in [0.25, 0.3) is 0 Å². The van der Waals surface area contributed by atoms with Gasteiger partial charge < -0.3 is 14.5 Å². The maximum Gasteiger partial charge on any atom is 0.237 e. The van der Waals surface area contributed by atoms with Gasteiger partial charge in [0, 0.05) is 11.4 Å². The molecule has 1 aromatic heterocycles. The molecule has 1 heterocycles. The van der Waals surface area contributed by atoms with Gasteiger partial charge in [0.2, 0.25) is 5.91 Å². The third kappa shape index (κ3) is 3.76. The predicted octanol–water partition coefficient (Wildman–Crippen LogP) is 2.44. The molecule has 1 aromatic carbocycles. The molecule has 0 spiro atoms. The summed E-state index contributed by atoms with van der Waals surface area (Å²) in [5.41, 5.74) is 0.732. The Morgan fingerprint density at radius 2 is 2.10 bits per heavy atom. The highest BCUT2D eigenvalue weighted by Crippen LogP contribution is 2.28. The molecule has 1 amide bonds. The zero-order valence-electron chi connectivity index (χ0n) is 12.9. The van der Waals surface area contributed by atoms with E-state index in [4.69, 9.17) is 9.15 Å². The third-order valence-electron chi connectivity index (χ3n) is 3.19. The number of hydrogen-bond donors (Lipinski definition) is 2. The molecule has 0 aliphatic heterocycles. The van der Waals surface area contributed by atoms with E-state index in [2.05, 4.69) is 10.6 Å². The SMILES string of the molecule is COc1cccc2cc(CNC(C)C(=O)NC(C)C)oc12. The molecule has 2 aromatic rings. The summed E-state index contributed by atoms with van der Waals surface area (Å²) in [5.74, 6) is 1.47. The molecule has 21 heavy (non-hydrogen) atoms. The van der Waals surface area contributed by atoms with Crippen LogP contribution in [0, 0.1) is 0 Å². The van der Waals surface area contributed by atoms with Crippen LogP contribution in [0.3, 0.4) is 0 Å². The normalized spacial score (nSPS) is 12.6. The van der Waals surface area contributed by atoms with Gasteiger partial charge in [-0.2, -0.15) is 0 Å². The maximum atomic E-state index is 11.8. The Morgan fingerprint density at radius 3 is 2.76 bits per heavy atom. The number of fused-ring (bicyclic) bond motifs is 1. The van der Waals surface area contributed by atoms with Gasteiger partial charge in [0.1, 0.15) is 5.76 Å². The molecular weight excluding hydrogens is 268 g/mol. The minimum atomic E-state index is -0.275. The molecule has 1 unspecified atom stereocenters. The van der Waals surface area contributed by atoms with Crippen LogP contribution in [0.5, 0.6) is 5.75 Å². The summed E-state index contributed by atoms with van der Waals surface area (Å²) in [4.78, 5) is 11.8. The molecular formula is C16H22N2O3. The van der Waals surface area contributed by atoms with Crippen molar-refractivity contribution in [3.63, 3.8) is 0 Å². The van der Waals surface area contributed by atoms with Crippen molar-refractivity contribution >= 4 is 16.9 Å². The van der Waals surface area contributed by atoms with E-state index in [0.717, 1.165) is 16.7 Å². The van der Waals surface area contributed by atoms with Gasteiger partial charge in [-0.15, -0.1) is 0 Å². The van der Waals surface area contributed by atoms with Crippen LogP contribution in [0.2, 0.25) is 0 Å². The number of ether oxygens (including phenoxy) is 1. The van der Waals surface area contributed by atoms with E-state index in [9.17, 15) is 4.79 Å². The zero-order chi connectivity index (χ0) is 15.4. The Bertz CT molecular complexity index is 619. The maximum absolute atomic E-state index is 11.8. The van der Waals surface area contributed by atoms with Gasteiger partial charge in [-0.3, -0.25) is 10.1 Å². The summed E-state index contributed by atoms with van der Waals surface area (Å²) in [6, 6.07) is 7.58. The number of para-hydroxylation sites is 1. The van der Waals surface area contributed by atoms with Crippen LogP contribution in [0.15, 0.2) is 28.7 Å². The third-order valence-corrected chi connectivity index (χ3v) is 3.19. The first-order chi connectivity index (χ1) is 10.0. The quantitative estimate of drug-likeness (QED) is 0.857. The lowest BCUT2D eigenvalue weighted by Gasteiger charge is -2.15. The van der Waals surface area contributed by atoms with Crippen molar-refractivity contribution in [1.82, 2.24) is 10.6 Å². The van der Waals surface area contributed by atoms with Crippen LogP contribution in [0.25, 0.3) is 11.0 Å². The standard InChI is InChI=1S/C16H22N2O3/c1-10(2)18-16(19)11(3)17-9-13-8-12-6-5-7-14(20-4)15(12)21-13/h5-8,10-11,17H,9H2,1-4H3,(H,18,19). The highest BCUT2D eigenvalue weighted by atomic mass is 16.5. The van der Waals surface area contributed by atoms with Crippen LogP contribution in [0.4, 0.5) is 0 Å². The number of furan rings is 1. The highest BCUT2D eigenvalue weighted by Gasteiger charge is 2.14. The number of amides is 1. The number of carbonyl (C=O) groups excluding carboxylic acids is 1. The molecule has 0 aliphatic carbocycles. The van der Waals surface area contributed by atoms with Crippen molar-refractivity contribution in [3.05, 3.63) is 30.0 Å². The molecule has 1 atom stereocenters. The van der Waals surface area contributed by atoms with Gasteiger partial charge in [0.15, 0.2) is 11.3 Å².